The van der Waals surface area contributed by atoms with E-state index < -0.39 is 15.3 Å². The second-order valence-corrected chi connectivity index (χ2v) is 6.14. The second kappa shape index (κ2) is 7.16. The third-order valence-electron chi connectivity index (χ3n) is 2.44. The number of nitrogens with one attached hydrogen (secondary N) is 1. The first-order chi connectivity index (χ1) is 9.44. The number of hydrogen-bond donors (Lipinski definition) is 2. The fraction of sp³-hybridized carbons (Fsp3) is 0.308. The molecule has 0 spiro atoms. The summed E-state index contributed by atoms with van der Waals surface area (Å²) in [5, 5.41) is 7.95. The second-order valence-electron chi connectivity index (χ2n) is 3.87. The SMILES string of the molecule is CCC(C#N)S(=O)(=O)Nc1cc(C#CCN)ccc1Cl. The number of sulfonamides is 1. The van der Waals surface area contributed by atoms with Gasteiger partial charge in [-0.3, -0.25) is 4.72 Å². The fourth-order valence-corrected chi connectivity index (χ4v) is 2.85. The number of nitrogens with two attached hydrogens (primary N) is 1. The highest BCUT2D eigenvalue weighted by Crippen LogP contribution is 2.25. The minimum atomic E-state index is -3.80. The van der Waals surface area contributed by atoms with Gasteiger partial charge in [-0.1, -0.05) is 30.4 Å². The van der Waals surface area contributed by atoms with Gasteiger partial charge in [0, 0.05) is 5.56 Å². The molecule has 0 heterocycles. The summed E-state index contributed by atoms with van der Waals surface area (Å²) in [5.41, 5.74) is 6.06. The van der Waals surface area contributed by atoms with Crippen LogP contribution in [-0.2, 0) is 10.0 Å². The lowest BCUT2D eigenvalue weighted by molar-refractivity contribution is 0.593. The Hall–Kier alpha value is -1.73. The molecule has 0 aromatic heterocycles. The van der Waals surface area contributed by atoms with Gasteiger partial charge in [0.15, 0.2) is 5.25 Å². The number of hydrogen-bond acceptors (Lipinski definition) is 4. The minimum absolute atomic E-state index is 0.191. The van der Waals surface area contributed by atoms with Crippen LogP contribution in [0.15, 0.2) is 18.2 Å². The van der Waals surface area contributed by atoms with E-state index in [0.717, 1.165) is 0 Å². The number of nitriles is 1. The van der Waals surface area contributed by atoms with Gasteiger partial charge in [-0.2, -0.15) is 5.26 Å². The highest BCUT2D eigenvalue weighted by atomic mass is 35.5. The molecule has 1 unspecified atom stereocenters. The van der Waals surface area contributed by atoms with Crippen LogP contribution in [0.2, 0.25) is 5.02 Å². The van der Waals surface area contributed by atoms with Gasteiger partial charge in [-0.15, -0.1) is 0 Å². The number of benzene rings is 1. The molecule has 1 aromatic carbocycles. The fourth-order valence-electron chi connectivity index (χ4n) is 1.44. The Balaban J connectivity index is 3.12. The summed E-state index contributed by atoms with van der Waals surface area (Å²) in [4.78, 5) is 0. The minimum Gasteiger partial charge on any atom is -0.320 e. The van der Waals surface area contributed by atoms with E-state index in [9.17, 15) is 8.42 Å². The largest absolute Gasteiger partial charge is 0.320 e. The average molecular weight is 312 g/mol. The normalized spacial score (nSPS) is 11.9. The van der Waals surface area contributed by atoms with Crippen molar-refractivity contribution in [3.05, 3.63) is 28.8 Å². The molecule has 0 saturated carbocycles. The molecule has 3 N–H and O–H groups in total. The number of rotatable bonds is 4. The van der Waals surface area contributed by atoms with E-state index in [1.165, 1.54) is 12.1 Å². The van der Waals surface area contributed by atoms with E-state index in [1.54, 1.807) is 19.1 Å². The highest BCUT2D eigenvalue weighted by Gasteiger charge is 2.24. The van der Waals surface area contributed by atoms with Crippen molar-refractivity contribution in [2.24, 2.45) is 5.73 Å². The first kappa shape index (κ1) is 16.3. The number of nitrogens with zero attached hydrogens (tertiary/aromatic N) is 1. The van der Waals surface area contributed by atoms with Crippen LogP contribution in [0.3, 0.4) is 0 Å². The van der Waals surface area contributed by atoms with Crippen LogP contribution in [0.4, 0.5) is 5.69 Å². The molecule has 0 aliphatic rings. The lowest BCUT2D eigenvalue weighted by Crippen LogP contribution is -2.26. The molecule has 0 bridgehead atoms. The Bertz CT molecular complexity index is 684. The topological polar surface area (TPSA) is 96.0 Å². The molecule has 7 heteroatoms. The molecule has 0 aliphatic carbocycles. The Morgan fingerprint density at radius 3 is 2.75 bits per heavy atom. The van der Waals surface area contributed by atoms with Crippen molar-refractivity contribution in [2.75, 3.05) is 11.3 Å². The molecule has 0 aliphatic heterocycles. The summed E-state index contributed by atoms with van der Waals surface area (Å²) in [5.74, 6) is 5.45. The zero-order chi connectivity index (χ0) is 15.2. The smallest absolute Gasteiger partial charge is 0.249 e. The molecule has 106 valence electrons. The van der Waals surface area contributed by atoms with Gasteiger partial charge >= 0.3 is 0 Å². The number of anilines is 1. The summed E-state index contributed by atoms with van der Waals surface area (Å²) in [6, 6.07) is 6.44. The van der Waals surface area contributed by atoms with E-state index >= 15 is 0 Å². The van der Waals surface area contributed by atoms with Crippen LogP contribution in [0.1, 0.15) is 18.9 Å². The molecular formula is C13H14ClN3O2S. The molecule has 0 saturated heterocycles. The Morgan fingerprint density at radius 2 is 2.20 bits per heavy atom. The van der Waals surface area contributed by atoms with Gasteiger partial charge in [0.25, 0.3) is 0 Å². The van der Waals surface area contributed by atoms with Crippen LogP contribution in [0, 0.1) is 23.2 Å². The van der Waals surface area contributed by atoms with Crippen molar-refractivity contribution in [1.29, 1.82) is 5.26 Å². The van der Waals surface area contributed by atoms with Crippen LogP contribution >= 0.6 is 11.6 Å². The number of halogens is 1. The summed E-state index contributed by atoms with van der Waals surface area (Å²) < 4.78 is 26.3. The molecule has 5 nitrogen and oxygen atoms in total. The summed E-state index contributed by atoms with van der Waals surface area (Å²) >= 11 is 5.94. The van der Waals surface area contributed by atoms with Crippen molar-refractivity contribution >= 4 is 27.3 Å². The predicted molar refractivity (Wildman–Crippen MR) is 79.6 cm³/mol. The van der Waals surface area contributed by atoms with E-state index in [2.05, 4.69) is 16.6 Å². The maximum absolute atomic E-state index is 12.0. The standard InChI is InChI=1S/C13H14ClN3O2S/c1-2-11(9-16)20(18,19)17-13-8-10(4-3-7-15)5-6-12(13)14/h5-6,8,11,17H,2,7,15H2,1H3. The molecule has 0 amide bonds. The average Bonchev–Trinajstić information content (AvgIpc) is 2.40. The Morgan fingerprint density at radius 1 is 1.50 bits per heavy atom. The van der Waals surface area contributed by atoms with Crippen LogP contribution in [0.25, 0.3) is 0 Å². The molecule has 1 atom stereocenters. The van der Waals surface area contributed by atoms with Crippen molar-refractivity contribution in [3.8, 4) is 17.9 Å². The summed E-state index contributed by atoms with van der Waals surface area (Å²) in [7, 11) is -3.80. The lowest BCUT2D eigenvalue weighted by Gasteiger charge is -2.12. The summed E-state index contributed by atoms with van der Waals surface area (Å²) in [6.07, 6.45) is 0.191. The third-order valence-corrected chi connectivity index (χ3v) is 4.46. The molecular weight excluding hydrogens is 298 g/mol. The van der Waals surface area contributed by atoms with Crippen molar-refractivity contribution in [2.45, 2.75) is 18.6 Å². The highest BCUT2D eigenvalue weighted by molar-refractivity contribution is 7.93. The molecule has 20 heavy (non-hydrogen) atoms. The lowest BCUT2D eigenvalue weighted by atomic mass is 10.2. The van der Waals surface area contributed by atoms with Gasteiger partial charge in [-0.25, -0.2) is 8.42 Å². The maximum Gasteiger partial charge on any atom is 0.249 e. The van der Waals surface area contributed by atoms with Gasteiger partial charge in [0.05, 0.1) is 23.3 Å². The first-order valence-electron chi connectivity index (χ1n) is 5.84. The van der Waals surface area contributed by atoms with Gasteiger partial charge in [-0.05, 0) is 24.6 Å². The van der Waals surface area contributed by atoms with Crippen molar-refractivity contribution < 1.29 is 8.42 Å². The van der Waals surface area contributed by atoms with Gasteiger partial charge in [0.2, 0.25) is 10.0 Å². The van der Waals surface area contributed by atoms with E-state index in [0.29, 0.717) is 5.56 Å². The zero-order valence-corrected chi connectivity index (χ0v) is 12.4. The van der Waals surface area contributed by atoms with Gasteiger partial charge < -0.3 is 5.73 Å². The molecule has 1 aromatic rings. The van der Waals surface area contributed by atoms with Crippen LogP contribution in [-0.4, -0.2) is 20.2 Å². The zero-order valence-electron chi connectivity index (χ0n) is 10.9. The van der Waals surface area contributed by atoms with Crippen LogP contribution < -0.4 is 10.5 Å². The van der Waals surface area contributed by atoms with E-state index in [4.69, 9.17) is 22.6 Å². The summed E-state index contributed by atoms with van der Waals surface area (Å²) in [6.45, 7) is 1.83. The monoisotopic (exact) mass is 311 g/mol. The quantitative estimate of drug-likeness (QED) is 0.827. The Labute approximate surface area is 123 Å². The molecule has 0 radical (unpaired) electrons. The first-order valence-corrected chi connectivity index (χ1v) is 7.76. The molecule has 0 fully saturated rings. The Kier molecular flexibility index (Phi) is 5.84. The predicted octanol–water partition coefficient (Wildman–Crippen LogP) is 1.69. The van der Waals surface area contributed by atoms with Crippen LogP contribution in [0.5, 0.6) is 0 Å². The van der Waals surface area contributed by atoms with Crippen molar-refractivity contribution in [3.63, 3.8) is 0 Å². The maximum atomic E-state index is 12.0. The van der Waals surface area contributed by atoms with Crippen molar-refractivity contribution in [1.82, 2.24) is 0 Å². The third kappa shape index (κ3) is 4.14. The van der Waals surface area contributed by atoms with E-state index in [-0.39, 0.29) is 23.7 Å². The van der Waals surface area contributed by atoms with E-state index in [1.807, 2.05) is 0 Å². The molecule has 1 rings (SSSR count). The van der Waals surface area contributed by atoms with Gasteiger partial charge in [0.1, 0.15) is 0 Å².